The summed E-state index contributed by atoms with van der Waals surface area (Å²) in [6.07, 6.45) is 3.51. The van der Waals surface area contributed by atoms with E-state index >= 15 is 0 Å². The summed E-state index contributed by atoms with van der Waals surface area (Å²) in [5.74, 6) is -0.112. The second-order valence-electron chi connectivity index (χ2n) is 7.59. The number of aryl methyl sites for hydroxylation is 1. The molecule has 1 heterocycles. The summed E-state index contributed by atoms with van der Waals surface area (Å²) in [5.41, 5.74) is 3.21. The topological polar surface area (TPSA) is 73.5 Å². The summed E-state index contributed by atoms with van der Waals surface area (Å²) in [4.78, 5) is 24.8. The Hall–Kier alpha value is -3.80. The molecule has 3 aromatic carbocycles. The fraction of sp³-hybridized carbons (Fsp3) is 0.231. The van der Waals surface area contributed by atoms with Gasteiger partial charge in [0.25, 0.3) is 0 Å². The van der Waals surface area contributed by atoms with Crippen LogP contribution in [0.5, 0.6) is 5.75 Å². The molecule has 4 rings (SSSR count). The van der Waals surface area contributed by atoms with Crippen LogP contribution in [0.15, 0.2) is 88.1 Å². The zero-order chi connectivity index (χ0) is 22.2. The number of amides is 1. The number of carbonyl (C=O) groups excluding carboxylic acids is 1. The Balaban J connectivity index is 1.30. The van der Waals surface area contributed by atoms with Crippen molar-refractivity contribution in [3.05, 3.63) is 101 Å². The molecule has 0 radical (unpaired) electrons. The molecule has 1 aromatic heterocycles. The van der Waals surface area contributed by atoms with Crippen molar-refractivity contribution >= 4 is 17.1 Å². The van der Waals surface area contributed by atoms with Crippen molar-refractivity contribution in [3.63, 3.8) is 0 Å². The predicted octanol–water partition coefficient (Wildman–Crippen LogP) is 4.80. The minimum atomic E-state index is -0.705. The zero-order valence-corrected chi connectivity index (χ0v) is 17.8. The van der Waals surface area contributed by atoms with E-state index in [9.17, 15) is 9.59 Å². The lowest BCUT2D eigenvalue weighted by molar-refractivity contribution is 0.241. The SMILES string of the molecule is O=C(NCCCCc1ccccc1)n1c(=O)oc2cc(OCCc3ccccc3)ccc21. The predicted molar refractivity (Wildman–Crippen MR) is 124 cm³/mol. The number of ether oxygens (including phenoxy) is 1. The fourth-order valence-electron chi connectivity index (χ4n) is 3.59. The number of hydrogen-bond acceptors (Lipinski definition) is 4. The highest BCUT2D eigenvalue weighted by Crippen LogP contribution is 2.20. The van der Waals surface area contributed by atoms with Crippen molar-refractivity contribution in [2.45, 2.75) is 25.7 Å². The molecule has 0 saturated carbocycles. The highest BCUT2D eigenvalue weighted by atomic mass is 16.5. The number of aromatic nitrogens is 1. The molecule has 0 aliphatic carbocycles. The number of unbranched alkanes of at least 4 members (excludes halogenated alkanes) is 1. The van der Waals surface area contributed by atoms with Crippen LogP contribution >= 0.6 is 0 Å². The third-order valence-electron chi connectivity index (χ3n) is 5.27. The first kappa shape index (κ1) is 21.4. The molecular formula is C26H26N2O4. The molecule has 6 nitrogen and oxygen atoms in total. The lowest BCUT2D eigenvalue weighted by Crippen LogP contribution is -2.34. The van der Waals surface area contributed by atoms with Crippen LogP contribution in [0.25, 0.3) is 11.1 Å². The van der Waals surface area contributed by atoms with Crippen LogP contribution in [0.4, 0.5) is 4.79 Å². The van der Waals surface area contributed by atoms with Gasteiger partial charge in [0.15, 0.2) is 5.58 Å². The van der Waals surface area contributed by atoms with Crippen molar-refractivity contribution in [3.8, 4) is 5.75 Å². The van der Waals surface area contributed by atoms with Gasteiger partial charge in [-0.05, 0) is 42.5 Å². The minimum Gasteiger partial charge on any atom is -0.493 e. The van der Waals surface area contributed by atoms with Crippen molar-refractivity contribution < 1.29 is 13.9 Å². The minimum absolute atomic E-state index is 0.325. The molecule has 1 N–H and O–H groups in total. The summed E-state index contributed by atoms with van der Waals surface area (Å²) in [6.45, 7) is 0.995. The van der Waals surface area contributed by atoms with Gasteiger partial charge in [0, 0.05) is 19.0 Å². The van der Waals surface area contributed by atoms with E-state index in [-0.39, 0.29) is 0 Å². The average Bonchev–Trinajstić information content (AvgIpc) is 3.15. The van der Waals surface area contributed by atoms with Gasteiger partial charge in [0.05, 0.1) is 6.61 Å². The Bertz CT molecular complexity index is 1210. The van der Waals surface area contributed by atoms with E-state index in [2.05, 4.69) is 17.4 Å². The Labute approximate surface area is 186 Å². The largest absolute Gasteiger partial charge is 0.493 e. The van der Waals surface area contributed by atoms with Crippen LogP contribution in [0, 0.1) is 0 Å². The second-order valence-corrected chi connectivity index (χ2v) is 7.59. The summed E-state index contributed by atoms with van der Waals surface area (Å²) < 4.78 is 12.1. The van der Waals surface area contributed by atoms with E-state index in [1.165, 1.54) is 11.1 Å². The van der Waals surface area contributed by atoms with Gasteiger partial charge in [-0.15, -0.1) is 0 Å². The molecule has 6 heteroatoms. The van der Waals surface area contributed by atoms with E-state index in [0.717, 1.165) is 30.3 Å². The summed E-state index contributed by atoms with van der Waals surface area (Å²) >= 11 is 0. The molecule has 0 bridgehead atoms. The van der Waals surface area contributed by atoms with Crippen molar-refractivity contribution in [1.29, 1.82) is 0 Å². The number of nitrogens with zero attached hydrogens (tertiary/aromatic N) is 1. The monoisotopic (exact) mass is 430 g/mol. The standard InChI is InChI=1S/C26H26N2O4/c29-25(27-17-8-7-13-20-9-3-1-4-10-20)28-23-15-14-22(19-24(23)32-26(28)30)31-18-16-21-11-5-2-6-12-21/h1-6,9-12,14-15,19H,7-8,13,16-18H2,(H,27,29). The van der Waals surface area contributed by atoms with E-state index < -0.39 is 11.8 Å². The van der Waals surface area contributed by atoms with Crippen LogP contribution in [0.1, 0.15) is 24.0 Å². The van der Waals surface area contributed by atoms with Crippen molar-refractivity contribution in [1.82, 2.24) is 9.88 Å². The molecule has 0 aliphatic rings. The number of oxazole rings is 1. The zero-order valence-electron chi connectivity index (χ0n) is 17.8. The Morgan fingerprint density at radius 2 is 1.56 bits per heavy atom. The van der Waals surface area contributed by atoms with E-state index in [4.69, 9.17) is 9.15 Å². The normalized spacial score (nSPS) is 10.9. The van der Waals surface area contributed by atoms with E-state index in [1.54, 1.807) is 18.2 Å². The number of carbonyl (C=O) groups is 1. The first-order chi connectivity index (χ1) is 15.7. The number of benzene rings is 3. The summed E-state index contributed by atoms with van der Waals surface area (Å²) in [6, 6.07) is 24.9. The third-order valence-corrected chi connectivity index (χ3v) is 5.27. The Kier molecular flexibility index (Phi) is 7.02. The van der Waals surface area contributed by atoms with Crippen molar-refractivity contribution in [2.75, 3.05) is 13.2 Å². The van der Waals surface area contributed by atoms with Gasteiger partial charge >= 0.3 is 11.8 Å². The highest BCUT2D eigenvalue weighted by Gasteiger charge is 2.16. The first-order valence-electron chi connectivity index (χ1n) is 10.9. The Morgan fingerprint density at radius 1 is 0.875 bits per heavy atom. The van der Waals surface area contributed by atoms with Gasteiger partial charge in [-0.2, -0.15) is 4.57 Å². The van der Waals surface area contributed by atoms with Gasteiger partial charge in [-0.3, -0.25) is 0 Å². The maximum absolute atomic E-state index is 12.5. The molecule has 1 amide bonds. The van der Waals surface area contributed by atoms with Gasteiger partial charge < -0.3 is 14.5 Å². The van der Waals surface area contributed by atoms with Crippen LogP contribution < -0.4 is 15.8 Å². The molecule has 0 aliphatic heterocycles. The van der Waals surface area contributed by atoms with E-state index in [1.807, 2.05) is 48.5 Å². The molecule has 0 fully saturated rings. The van der Waals surface area contributed by atoms with Gasteiger partial charge in [0.2, 0.25) is 0 Å². The third kappa shape index (κ3) is 5.46. The summed E-state index contributed by atoms with van der Waals surface area (Å²) in [7, 11) is 0. The maximum atomic E-state index is 12.5. The van der Waals surface area contributed by atoms with Crippen LogP contribution in [-0.2, 0) is 12.8 Å². The number of fused-ring (bicyclic) bond motifs is 1. The maximum Gasteiger partial charge on any atom is 0.428 e. The summed E-state index contributed by atoms with van der Waals surface area (Å²) in [5, 5.41) is 2.80. The average molecular weight is 431 g/mol. The van der Waals surface area contributed by atoms with Crippen molar-refractivity contribution in [2.24, 2.45) is 0 Å². The quantitative estimate of drug-likeness (QED) is 0.387. The molecule has 0 spiro atoms. The number of hydrogen-bond donors (Lipinski definition) is 1. The molecule has 4 aromatic rings. The van der Waals surface area contributed by atoms with Crippen LogP contribution in [-0.4, -0.2) is 23.7 Å². The van der Waals surface area contributed by atoms with Gasteiger partial charge in [0.1, 0.15) is 11.3 Å². The molecule has 164 valence electrons. The highest BCUT2D eigenvalue weighted by molar-refractivity contribution is 5.88. The molecule has 0 atom stereocenters. The van der Waals surface area contributed by atoms with Gasteiger partial charge in [-0.25, -0.2) is 9.59 Å². The molecule has 0 saturated heterocycles. The lowest BCUT2D eigenvalue weighted by atomic mass is 10.1. The molecule has 32 heavy (non-hydrogen) atoms. The molecular weight excluding hydrogens is 404 g/mol. The number of rotatable bonds is 9. The number of nitrogens with one attached hydrogen (secondary N) is 1. The van der Waals surface area contributed by atoms with Gasteiger partial charge in [-0.1, -0.05) is 60.7 Å². The fourth-order valence-corrected chi connectivity index (χ4v) is 3.59. The first-order valence-corrected chi connectivity index (χ1v) is 10.9. The lowest BCUT2D eigenvalue weighted by Gasteiger charge is -2.07. The van der Waals surface area contributed by atoms with E-state index in [0.29, 0.717) is 30.0 Å². The van der Waals surface area contributed by atoms with Crippen LogP contribution in [0.3, 0.4) is 0 Å². The Morgan fingerprint density at radius 3 is 2.28 bits per heavy atom. The second kappa shape index (κ2) is 10.5. The van der Waals surface area contributed by atoms with Crippen LogP contribution in [0.2, 0.25) is 0 Å². The smallest absolute Gasteiger partial charge is 0.428 e. The molecule has 0 unspecified atom stereocenters.